The number of anilines is 1. The number of aromatic hydroxyl groups is 1. The van der Waals surface area contributed by atoms with Crippen LogP contribution in [0, 0.1) is 17.8 Å². The first-order valence-corrected chi connectivity index (χ1v) is 12.9. The average molecular weight is 526 g/mol. The number of fused-ring (bicyclic) bond motifs is 3. The van der Waals surface area contributed by atoms with Gasteiger partial charge >= 0.3 is 0 Å². The maximum Gasteiger partial charge on any atom is 0.238 e. The van der Waals surface area contributed by atoms with Gasteiger partial charge in [-0.25, -0.2) is 0 Å². The number of imide groups is 1. The first-order valence-electron chi connectivity index (χ1n) is 12.5. The number of nitrogens with zero attached hydrogens (tertiary/aromatic N) is 1. The molecule has 2 aromatic rings. The number of Topliss-reactive ketones (excluding diaryl/α,β-unsaturated/α-hetero) is 1. The molecule has 6 nitrogen and oxygen atoms in total. The summed E-state index contributed by atoms with van der Waals surface area (Å²) in [6.07, 6.45) is 5.53. The Morgan fingerprint density at radius 3 is 2.45 bits per heavy atom. The molecule has 4 aliphatic rings. The van der Waals surface area contributed by atoms with Gasteiger partial charge in [0.05, 0.1) is 17.5 Å². The number of halogens is 1. The number of phenols is 1. The van der Waals surface area contributed by atoms with Crippen molar-refractivity contribution >= 4 is 46.7 Å². The van der Waals surface area contributed by atoms with E-state index >= 15 is 0 Å². The molecule has 1 N–H and O–H groups in total. The molecule has 7 heteroatoms. The number of ketones is 2. The Kier molecular flexibility index (Phi) is 5.61. The highest BCUT2D eigenvalue weighted by Crippen LogP contribution is 2.56. The molecular weight excluding hydrogens is 502 g/mol. The molecule has 0 unspecified atom stereocenters. The zero-order valence-corrected chi connectivity index (χ0v) is 21.4. The molecule has 190 valence electrons. The van der Waals surface area contributed by atoms with Crippen molar-refractivity contribution in [3.63, 3.8) is 0 Å². The molecule has 6 rings (SSSR count). The molecule has 1 fully saturated rings. The molecular formula is C31H24ClNO5. The molecule has 0 aromatic heterocycles. The maximum atomic E-state index is 13.9. The number of carbonyl (C=O) groups is 4. The highest BCUT2D eigenvalue weighted by atomic mass is 35.5. The zero-order chi connectivity index (χ0) is 26.9. The highest BCUT2D eigenvalue weighted by Gasteiger charge is 2.56. The number of hydrogen-bond donors (Lipinski definition) is 1. The lowest BCUT2D eigenvalue weighted by atomic mass is 9.59. The molecule has 0 radical (unpaired) electrons. The number of hydrogen-bond acceptors (Lipinski definition) is 5. The van der Waals surface area contributed by atoms with Crippen LogP contribution in [0.5, 0.6) is 5.75 Å². The second-order valence-electron chi connectivity index (χ2n) is 10.2. The van der Waals surface area contributed by atoms with Crippen molar-refractivity contribution in [1.29, 1.82) is 0 Å². The quantitative estimate of drug-likeness (QED) is 0.332. The van der Waals surface area contributed by atoms with Crippen LogP contribution in [0.2, 0.25) is 5.02 Å². The molecule has 1 heterocycles. The SMILES string of the molecule is C=Cc1ccc(N2C(=O)[C@H]3[C@H](CC=C4[C@H](c5ccc(O)cc5Cl)C5=C(C[C@H]43)C(=O)C(C)=CC5=O)C2=O)cc1. The van der Waals surface area contributed by atoms with Gasteiger partial charge in [-0.05, 0) is 67.2 Å². The minimum absolute atomic E-state index is 0.0190. The van der Waals surface area contributed by atoms with Crippen molar-refractivity contribution in [2.75, 3.05) is 4.90 Å². The Balaban J connectivity index is 1.48. The largest absolute Gasteiger partial charge is 0.508 e. The van der Waals surface area contributed by atoms with Crippen LogP contribution in [0.15, 0.2) is 83.5 Å². The van der Waals surface area contributed by atoms with Gasteiger partial charge in [0, 0.05) is 27.7 Å². The van der Waals surface area contributed by atoms with Crippen molar-refractivity contribution in [2.24, 2.45) is 17.8 Å². The Labute approximate surface area is 224 Å². The highest BCUT2D eigenvalue weighted by molar-refractivity contribution is 6.32. The average Bonchev–Trinajstić information content (AvgIpc) is 3.16. The van der Waals surface area contributed by atoms with E-state index in [9.17, 15) is 24.3 Å². The van der Waals surface area contributed by atoms with Crippen LogP contribution in [0.4, 0.5) is 5.69 Å². The van der Waals surface area contributed by atoms with Crippen LogP contribution in [-0.2, 0) is 19.2 Å². The second kappa shape index (κ2) is 8.77. The lowest BCUT2D eigenvalue weighted by Gasteiger charge is -2.42. The molecule has 2 aromatic carbocycles. The molecule has 1 saturated heterocycles. The minimum Gasteiger partial charge on any atom is -0.508 e. The number of amides is 2. The lowest BCUT2D eigenvalue weighted by Crippen LogP contribution is -2.39. The van der Waals surface area contributed by atoms with Crippen molar-refractivity contribution in [2.45, 2.75) is 25.7 Å². The Bertz CT molecular complexity index is 1560. The normalized spacial score (nSPS) is 26.5. The summed E-state index contributed by atoms with van der Waals surface area (Å²) >= 11 is 6.57. The summed E-state index contributed by atoms with van der Waals surface area (Å²) in [7, 11) is 0. The summed E-state index contributed by atoms with van der Waals surface area (Å²) < 4.78 is 0. The molecule has 38 heavy (non-hydrogen) atoms. The first-order chi connectivity index (χ1) is 18.2. The number of phenolic OH excluding ortho intramolecular Hbond substituents is 1. The van der Waals surface area contributed by atoms with Gasteiger partial charge in [-0.15, -0.1) is 0 Å². The maximum absolute atomic E-state index is 13.9. The molecule has 0 saturated carbocycles. The Morgan fingerprint density at radius 2 is 1.76 bits per heavy atom. The first kappa shape index (κ1) is 24.3. The third kappa shape index (κ3) is 3.47. The standard InChI is InChI=1S/C31H24ClNO5/c1-3-16-4-6-17(7-5-16)33-30(37)21-11-10-19-22(27(21)31(33)38)14-23-28(25(35)12-15(2)29(23)36)26(19)20-9-8-18(34)13-24(20)32/h3-10,12-13,21-22,26-27,34H,1,11,14H2,2H3/t21-,22+,26+,27-/m0/s1. The summed E-state index contributed by atoms with van der Waals surface area (Å²) in [6.45, 7) is 5.36. The number of rotatable bonds is 3. The third-order valence-corrected chi connectivity index (χ3v) is 8.57. The van der Waals surface area contributed by atoms with Crippen LogP contribution >= 0.6 is 11.6 Å². The molecule has 0 bridgehead atoms. The van der Waals surface area contributed by atoms with Gasteiger partial charge in [-0.2, -0.15) is 0 Å². The van der Waals surface area contributed by atoms with Crippen molar-refractivity contribution in [3.05, 3.63) is 99.6 Å². The fourth-order valence-corrected chi connectivity index (χ4v) is 6.79. The molecule has 4 atom stereocenters. The molecule has 1 aliphatic heterocycles. The summed E-state index contributed by atoms with van der Waals surface area (Å²) in [5.41, 5.74) is 3.85. The summed E-state index contributed by atoms with van der Waals surface area (Å²) in [5.74, 6) is -3.38. The zero-order valence-electron chi connectivity index (χ0n) is 20.6. The van der Waals surface area contributed by atoms with E-state index in [1.165, 1.54) is 23.1 Å². The number of benzene rings is 2. The van der Waals surface area contributed by atoms with E-state index in [4.69, 9.17) is 11.6 Å². The lowest BCUT2D eigenvalue weighted by molar-refractivity contribution is -0.123. The van der Waals surface area contributed by atoms with Gasteiger partial charge in [-0.3, -0.25) is 24.1 Å². The number of allylic oxidation sites excluding steroid dienone is 6. The molecule has 2 amide bonds. The van der Waals surface area contributed by atoms with E-state index in [0.29, 0.717) is 34.4 Å². The monoisotopic (exact) mass is 525 g/mol. The van der Waals surface area contributed by atoms with Gasteiger partial charge in [0.25, 0.3) is 0 Å². The van der Waals surface area contributed by atoms with E-state index in [0.717, 1.165) is 11.1 Å². The Morgan fingerprint density at radius 1 is 1.03 bits per heavy atom. The third-order valence-electron chi connectivity index (χ3n) is 8.24. The summed E-state index contributed by atoms with van der Waals surface area (Å²) in [4.78, 5) is 55.3. The summed E-state index contributed by atoms with van der Waals surface area (Å²) in [5, 5.41) is 10.2. The second-order valence-corrected chi connectivity index (χ2v) is 10.6. The van der Waals surface area contributed by atoms with Gasteiger partial charge < -0.3 is 5.11 Å². The van der Waals surface area contributed by atoms with Crippen molar-refractivity contribution in [3.8, 4) is 5.75 Å². The predicted octanol–water partition coefficient (Wildman–Crippen LogP) is 5.32. The molecule has 3 aliphatic carbocycles. The smallest absolute Gasteiger partial charge is 0.238 e. The van der Waals surface area contributed by atoms with Gasteiger partial charge in [0.15, 0.2) is 11.6 Å². The van der Waals surface area contributed by atoms with Gasteiger partial charge in [-0.1, -0.05) is 54.1 Å². The topological polar surface area (TPSA) is 91.8 Å². The van der Waals surface area contributed by atoms with E-state index in [-0.39, 0.29) is 40.6 Å². The Hall–Kier alpha value is -4.03. The van der Waals surface area contributed by atoms with Gasteiger partial charge in [0.2, 0.25) is 11.8 Å². The van der Waals surface area contributed by atoms with Gasteiger partial charge in [0.1, 0.15) is 5.75 Å². The number of carbonyl (C=O) groups excluding carboxylic acids is 4. The van der Waals surface area contributed by atoms with Crippen LogP contribution in [0.25, 0.3) is 6.08 Å². The van der Waals surface area contributed by atoms with Crippen LogP contribution in [0.1, 0.15) is 36.8 Å². The summed E-state index contributed by atoms with van der Waals surface area (Å²) in [6, 6.07) is 11.6. The van der Waals surface area contributed by atoms with Crippen molar-refractivity contribution in [1.82, 2.24) is 0 Å². The van der Waals surface area contributed by atoms with E-state index in [1.54, 1.807) is 43.3 Å². The van der Waals surface area contributed by atoms with Crippen LogP contribution in [-0.4, -0.2) is 28.5 Å². The molecule has 0 spiro atoms. The fraction of sp³-hybridized carbons (Fsp3) is 0.226. The van der Waals surface area contributed by atoms with E-state index in [1.807, 2.05) is 6.08 Å². The predicted molar refractivity (Wildman–Crippen MR) is 143 cm³/mol. The van der Waals surface area contributed by atoms with Crippen LogP contribution in [0.3, 0.4) is 0 Å². The van der Waals surface area contributed by atoms with E-state index < -0.39 is 23.7 Å². The van der Waals surface area contributed by atoms with Crippen molar-refractivity contribution < 1.29 is 24.3 Å². The van der Waals surface area contributed by atoms with Crippen LogP contribution < -0.4 is 4.90 Å². The van der Waals surface area contributed by atoms with E-state index in [2.05, 4.69) is 6.58 Å². The fourth-order valence-electron chi connectivity index (χ4n) is 6.50. The minimum atomic E-state index is -0.664.